The molecule has 2 heterocycles. The van der Waals surface area contributed by atoms with Gasteiger partial charge in [0.05, 0.1) is 19.2 Å². The van der Waals surface area contributed by atoms with Crippen LogP contribution in [-0.4, -0.2) is 56.9 Å². The summed E-state index contributed by atoms with van der Waals surface area (Å²) in [6, 6.07) is 1.67. The Bertz CT molecular complexity index is 577. The van der Waals surface area contributed by atoms with E-state index in [1.807, 2.05) is 10.8 Å². The molecule has 0 unspecified atom stereocenters. The van der Waals surface area contributed by atoms with E-state index in [0.717, 1.165) is 25.8 Å². The maximum atomic E-state index is 13.4. The van der Waals surface area contributed by atoms with E-state index < -0.39 is 12.2 Å². The van der Waals surface area contributed by atoms with Crippen LogP contribution in [0.4, 0.5) is 4.39 Å². The lowest BCUT2D eigenvalue weighted by molar-refractivity contribution is -0.130. The zero-order chi connectivity index (χ0) is 16.2. The third kappa shape index (κ3) is 4.42. The van der Waals surface area contributed by atoms with E-state index in [9.17, 15) is 9.18 Å². The average Bonchev–Trinajstić information content (AvgIpc) is 3.26. The predicted octanol–water partition coefficient (Wildman–Crippen LogP) is 0.921. The van der Waals surface area contributed by atoms with Gasteiger partial charge in [-0.3, -0.25) is 9.48 Å². The Hall–Kier alpha value is -1.72. The van der Waals surface area contributed by atoms with Crippen molar-refractivity contribution in [1.29, 1.82) is 5.26 Å². The number of halogens is 2. The highest BCUT2D eigenvalue weighted by Crippen LogP contribution is 2.27. The summed E-state index contributed by atoms with van der Waals surface area (Å²) < 4.78 is 15.2. The Morgan fingerprint density at radius 2 is 2.25 bits per heavy atom. The number of amides is 1. The smallest absolute Gasteiger partial charge is 0.237 e. The van der Waals surface area contributed by atoms with Gasteiger partial charge in [-0.1, -0.05) is 0 Å². The highest BCUT2D eigenvalue weighted by molar-refractivity contribution is 5.85. The first-order valence-corrected chi connectivity index (χ1v) is 8.04. The monoisotopic (exact) mass is 356 g/mol. The van der Waals surface area contributed by atoms with Crippen LogP contribution in [-0.2, 0) is 11.3 Å². The van der Waals surface area contributed by atoms with Crippen LogP contribution < -0.4 is 5.32 Å². The Kier molecular flexibility index (Phi) is 6.52. The summed E-state index contributed by atoms with van der Waals surface area (Å²) in [6.07, 6.45) is 5.38. The molecule has 1 saturated heterocycles. The van der Waals surface area contributed by atoms with E-state index in [2.05, 4.69) is 15.4 Å². The molecule has 1 aromatic rings. The van der Waals surface area contributed by atoms with Crippen LogP contribution in [0.2, 0.25) is 0 Å². The molecule has 132 valence electrons. The van der Waals surface area contributed by atoms with E-state index in [-0.39, 0.29) is 43.9 Å². The van der Waals surface area contributed by atoms with E-state index in [1.165, 1.54) is 11.2 Å². The molecule has 1 aromatic heterocycles. The van der Waals surface area contributed by atoms with Crippen LogP contribution in [0.15, 0.2) is 12.7 Å². The molecule has 0 radical (unpaired) electrons. The maximum absolute atomic E-state index is 13.4. The second-order valence-corrected chi connectivity index (χ2v) is 6.40. The number of hydrogen-bond acceptors (Lipinski definition) is 5. The van der Waals surface area contributed by atoms with Crippen molar-refractivity contribution in [3.63, 3.8) is 0 Å². The summed E-state index contributed by atoms with van der Waals surface area (Å²) in [5.41, 5.74) is 0. The highest BCUT2D eigenvalue weighted by atomic mass is 35.5. The van der Waals surface area contributed by atoms with Gasteiger partial charge in [0.2, 0.25) is 5.91 Å². The first kappa shape index (κ1) is 18.6. The third-order valence-corrected chi connectivity index (χ3v) is 4.71. The highest BCUT2D eigenvalue weighted by Gasteiger charge is 2.35. The third-order valence-electron chi connectivity index (χ3n) is 4.71. The van der Waals surface area contributed by atoms with Crippen LogP contribution in [0, 0.1) is 17.2 Å². The number of carbonyl (C=O) groups excluding carboxylic acids is 1. The minimum atomic E-state index is -1.08. The molecule has 1 amide bonds. The van der Waals surface area contributed by atoms with Crippen molar-refractivity contribution in [3.8, 4) is 6.07 Å². The average molecular weight is 357 g/mol. The fraction of sp³-hybridized carbons (Fsp3) is 0.733. The van der Waals surface area contributed by atoms with Crippen molar-refractivity contribution in [2.45, 2.75) is 50.5 Å². The molecule has 24 heavy (non-hydrogen) atoms. The van der Waals surface area contributed by atoms with Crippen LogP contribution in [0.3, 0.4) is 0 Å². The quantitative estimate of drug-likeness (QED) is 0.847. The van der Waals surface area contributed by atoms with Gasteiger partial charge in [0, 0.05) is 19.0 Å². The predicted molar refractivity (Wildman–Crippen MR) is 87.0 cm³/mol. The minimum absolute atomic E-state index is 0. The molecule has 9 heteroatoms. The number of hydrogen-bond donors (Lipinski definition) is 1. The minimum Gasteiger partial charge on any atom is -0.323 e. The first-order chi connectivity index (χ1) is 11.2. The van der Waals surface area contributed by atoms with Crippen LogP contribution in [0.5, 0.6) is 0 Å². The van der Waals surface area contributed by atoms with E-state index in [4.69, 9.17) is 5.26 Å². The Labute approximate surface area is 146 Å². The Morgan fingerprint density at radius 3 is 2.96 bits per heavy atom. The van der Waals surface area contributed by atoms with Gasteiger partial charge in [0.25, 0.3) is 0 Å². The standard InChI is InChI=1S/C15H21FN6O.ClH/c16-12-4-14(5-17)22(8-12)15(23)6-19-13-2-1-11(3-13)7-21-10-18-9-20-21;/h9-14,19H,1-4,6-8H2;1H/t11-,12-,13+,14-;/m0./s1. The van der Waals surface area contributed by atoms with Gasteiger partial charge in [-0.2, -0.15) is 10.4 Å². The van der Waals surface area contributed by atoms with Crippen molar-refractivity contribution in [3.05, 3.63) is 12.7 Å². The van der Waals surface area contributed by atoms with Crippen LogP contribution >= 0.6 is 12.4 Å². The summed E-state index contributed by atoms with van der Waals surface area (Å²) >= 11 is 0. The Balaban J connectivity index is 0.00000208. The molecule has 0 spiro atoms. The molecule has 1 saturated carbocycles. The lowest BCUT2D eigenvalue weighted by Crippen LogP contribution is -2.43. The number of nitrogens with one attached hydrogen (secondary N) is 1. The Morgan fingerprint density at radius 1 is 1.42 bits per heavy atom. The van der Waals surface area contributed by atoms with Gasteiger partial charge in [-0.05, 0) is 25.2 Å². The zero-order valence-electron chi connectivity index (χ0n) is 13.3. The summed E-state index contributed by atoms with van der Waals surface area (Å²) in [7, 11) is 0. The fourth-order valence-electron chi connectivity index (χ4n) is 3.53. The fourth-order valence-corrected chi connectivity index (χ4v) is 3.53. The van der Waals surface area contributed by atoms with Gasteiger partial charge in [0.1, 0.15) is 24.9 Å². The maximum Gasteiger partial charge on any atom is 0.237 e. The van der Waals surface area contributed by atoms with E-state index in [1.54, 1.807) is 6.33 Å². The first-order valence-electron chi connectivity index (χ1n) is 8.04. The van der Waals surface area contributed by atoms with E-state index in [0.29, 0.717) is 5.92 Å². The van der Waals surface area contributed by atoms with Crippen molar-refractivity contribution in [1.82, 2.24) is 25.0 Å². The lowest BCUT2D eigenvalue weighted by atomic mass is 10.1. The number of carbonyl (C=O) groups is 1. The van der Waals surface area contributed by atoms with Crippen LogP contribution in [0.1, 0.15) is 25.7 Å². The normalized spacial score (nSPS) is 29.2. The molecule has 7 nitrogen and oxygen atoms in total. The summed E-state index contributed by atoms with van der Waals surface area (Å²) in [4.78, 5) is 17.5. The number of alkyl halides is 1. The van der Waals surface area contributed by atoms with Crippen molar-refractivity contribution in [2.24, 2.45) is 5.92 Å². The second-order valence-electron chi connectivity index (χ2n) is 6.40. The molecule has 2 fully saturated rings. The molecular formula is C15H22ClFN6O. The van der Waals surface area contributed by atoms with Gasteiger partial charge in [-0.25, -0.2) is 9.37 Å². The number of nitrogens with zero attached hydrogens (tertiary/aromatic N) is 5. The molecule has 1 N–H and O–H groups in total. The molecule has 0 bridgehead atoms. The topological polar surface area (TPSA) is 86.8 Å². The van der Waals surface area contributed by atoms with Gasteiger partial charge in [0.15, 0.2) is 0 Å². The van der Waals surface area contributed by atoms with Crippen molar-refractivity contribution in [2.75, 3.05) is 13.1 Å². The zero-order valence-corrected chi connectivity index (χ0v) is 14.2. The summed E-state index contributed by atoms with van der Waals surface area (Å²) in [5, 5.41) is 16.4. The molecule has 1 aliphatic carbocycles. The molecule has 1 aliphatic heterocycles. The summed E-state index contributed by atoms with van der Waals surface area (Å²) in [5.74, 6) is 0.342. The van der Waals surface area contributed by atoms with Gasteiger partial charge in [-0.15, -0.1) is 12.4 Å². The molecular weight excluding hydrogens is 335 g/mol. The largest absolute Gasteiger partial charge is 0.323 e. The summed E-state index contributed by atoms with van der Waals surface area (Å²) in [6.45, 7) is 1.06. The van der Waals surface area contributed by atoms with Gasteiger partial charge < -0.3 is 10.2 Å². The van der Waals surface area contributed by atoms with Crippen molar-refractivity contribution < 1.29 is 9.18 Å². The second kappa shape index (κ2) is 8.40. The molecule has 3 rings (SSSR count). The van der Waals surface area contributed by atoms with Gasteiger partial charge >= 0.3 is 0 Å². The molecule has 2 aliphatic rings. The SMILES string of the molecule is Cl.N#C[C@@H]1C[C@H](F)CN1C(=O)CN[C@@H]1CC[C@H](Cn2cncn2)C1. The number of rotatable bonds is 5. The van der Waals surface area contributed by atoms with E-state index >= 15 is 0 Å². The van der Waals surface area contributed by atoms with Crippen LogP contribution in [0.25, 0.3) is 0 Å². The number of likely N-dealkylation sites (tertiary alicyclic amines) is 1. The number of aromatic nitrogens is 3. The molecule has 0 aromatic carbocycles. The van der Waals surface area contributed by atoms with Crippen molar-refractivity contribution >= 4 is 18.3 Å². The lowest BCUT2D eigenvalue weighted by Gasteiger charge is -2.21. The molecule has 4 atom stereocenters. The number of nitriles is 1.